The van der Waals surface area contributed by atoms with Crippen molar-refractivity contribution in [1.82, 2.24) is 4.90 Å². The van der Waals surface area contributed by atoms with Crippen LogP contribution >= 0.6 is 0 Å². The second kappa shape index (κ2) is 4.55. The third-order valence-corrected chi connectivity index (χ3v) is 3.89. The fraction of sp³-hybridized carbons (Fsp3) is 0.615. The predicted octanol–water partition coefficient (Wildman–Crippen LogP) is 1.05. The molecule has 98 valence electrons. The number of amides is 2. The summed E-state index contributed by atoms with van der Waals surface area (Å²) in [6.45, 7) is 5.49. The van der Waals surface area contributed by atoms with Crippen LogP contribution in [0.5, 0.6) is 0 Å². The molecular weight excluding hydrogens is 234 g/mol. The smallest absolute Gasteiger partial charge is 0.327 e. The molecule has 2 fully saturated rings. The van der Waals surface area contributed by atoms with Crippen LogP contribution < -0.4 is 0 Å². The molecule has 1 N–H and O–H groups in total. The third-order valence-electron chi connectivity index (χ3n) is 3.89. The van der Waals surface area contributed by atoms with Crippen molar-refractivity contribution in [2.45, 2.75) is 32.2 Å². The predicted molar refractivity (Wildman–Crippen MR) is 63.5 cm³/mol. The number of carbonyl (C=O) groups excluding carboxylic acids is 2. The summed E-state index contributed by atoms with van der Waals surface area (Å²) in [5, 5.41) is 9.12. The molecule has 0 aromatic heterocycles. The highest BCUT2D eigenvalue weighted by Gasteiger charge is 2.54. The molecule has 1 aliphatic heterocycles. The first kappa shape index (κ1) is 12.8. The Kier molecular flexibility index (Phi) is 3.24. The fourth-order valence-electron chi connectivity index (χ4n) is 3.09. The van der Waals surface area contributed by atoms with Crippen molar-refractivity contribution in [2.75, 3.05) is 0 Å². The number of likely N-dealkylation sites (tertiary alicyclic amines) is 1. The largest absolute Gasteiger partial charge is 0.480 e. The number of carboxylic acid groups (broad SMARTS) is 1. The molecule has 3 unspecified atom stereocenters. The average Bonchev–Trinajstić information content (AvgIpc) is 2.77. The Hall–Kier alpha value is -1.65. The zero-order chi connectivity index (χ0) is 13.4. The van der Waals surface area contributed by atoms with Crippen molar-refractivity contribution in [3.05, 3.63) is 12.7 Å². The minimum absolute atomic E-state index is 0.0990. The van der Waals surface area contributed by atoms with Gasteiger partial charge in [0, 0.05) is 0 Å². The number of nitrogens with zero attached hydrogens (tertiary/aromatic N) is 1. The molecule has 1 saturated heterocycles. The van der Waals surface area contributed by atoms with E-state index >= 15 is 0 Å². The summed E-state index contributed by atoms with van der Waals surface area (Å²) in [7, 11) is 0. The van der Waals surface area contributed by atoms with Crippen LogP contribution in [0.4, 0.5) is 0 Å². The van der Waals surface area contributed by atoms with Crippen LogP contribution in [0.3, 0.4) is 0 Å². The van der Waals surface area contributed by atoms with Gasteiger partial charge in [0.2, 0.25) is 11.8 Å². The summed E-state index contributed by atoms with van der Waals surface area (Å²) in [6.07, 6.45) is 2.90. The normalized spacial score (nSPS) is 32.5. The van der Waals surface area contributed by atoms with E-state index < -0.39 is 12.0 Å². The second-order valence-corrected chi connectivity index (χ2v) is 5.21. The van der Waals surface area contributed by atoms with Gasteiger partial charge in [-0.1, -0.05) is 13.0 Å². The summed E-state index contributed by atoms with van der Waals surface area (Å²) >= 11 is 0. The summed E-state index contributed by atoms with van der Waals surface area (Å²) in [5.41, 5.74) is 0. The number of carbonyl (C=O) groups is 3. The number of hydrogen-bond acceptors (Lipinski definition) is 3. The van der Waals surface area contributed by atoms with Crippen molar-refractivity contribution in [2.24, 2.45) is 17.8 Å². The Bertz CT molecular complexity index is 393. The molecule has 0 aromatic carbocycles. The first-order valence-corrected chi connectivity index (χ1v) is 6.18. The summed E-state index contributed by atoms with van der Waals surface area (Å²) in [6, 6.07) is -1.09. The van der Waals surface area contributed by atoms with Crippen LogP contribution in [0.2, 0.25) is 0 Å². The van der Waals surface area contributed by atoms with E-state index in [-0.39, 0.29) is 30.1 Å². The lowest BCUT2D eigenvalue weighted by atomic mass is 10.00. The summed E-state index contributed by atoms with van der Waals surface area (Å²) in [5.74, 6) is -2.03. The van der Waals surface area contributed by atoms with Gasteiger partial charge in [-0.05, 0) is 25.2 Å². The van der Waals surface area contributed by atoms with E-state index in [1.807, 2.05) is 6.92 Å². The SMILES string of the molecule is C=CCC(C(=O)O)N1C(=O)C2CC(C)CC2C1=O. The lowest BCUT2D eigenvalue weighted by Gasteiger charge is -2.23. The minimum atomic E-state index is -1.15. The quantitative estimate of drug-likeness (QED) is 0.598. The molecule has 2 aliphatic rings. The van der Waals surface area contributed by atoms with Gasteiger partial charge in [-0.15, -0.1) is 6.58 Å². The molecule has 0 radical (unpaired) electrons. The zero-order valence-corrected chi connectivity index (χ0v) is 10.3. The molecule has 2 amide bonds. The highest BCUT2D eigenvalue weighted by atomic mass is 16.4. The van der Waals surface area contributed by atoms with E-state index in [2.05, 4.69) is 6.58 Å². The summed E-state index contributed by atoms with van der Waals surface area (Å²) in [4.78, 5) is 36.4. The Balaban J connectivity index is 2.25. The van der Waals surface area contributed by atoms with Crippen LogP contribution in [0, 0.1) is 17.8 Å². The van der Waals surface area contributed by atoms with E-state index in [4.69, 9.17) is 5.11 Å². The molecule has 1 saturated carbocycles. The van der Waals surface area contributed by atoms with E-state index in [1.54, 1.807) is 0 Å². The molecule has 0 bridgehead atoms. The van der Waals surface area contributed by atoms with Crippen molar-refractivity contribution in [3.8, 4) is 0 Å². The zero-order valence-electron chi connectivity index (χ0n) is 10.3. The lowest BCUT2D eigenvalue weighted by Crippen LogP contribution is -2.45. The van der Waals surface area contributed by atoms with Gasteiger partial charge in [-0.2, -0.15) is 0 Å². The Labute approximate surface area is 105 Å². The highest BCUT2D eigenvalue weighted by Crippen LogP contribution is 2.43. The van der Waals surface area contributed by atoms with Gasteiger partial charge in [0.15, 0.2) is 0 Å². The monoisotopic (exact) mass is 251 g/mol. The third kappa shape index (κ3) is 1.83. The second-order valence-electron chi connectivity index (χ2n) is 5.21. The maximum Gasteiger partial charge on any atom is 0.327 e. The molecule has 3 atom stereocenters. The number of hydrogen-bond donors (Lipinski definition) is 1. The van der Waals surface area contributed by atoms with E-state index in [1.165, 1.54) is 6.08 Å². The summed E-state index contributed by atoms with van der Waals surface area (Å²) < 4.78 is 0. The molecule has 0 aromatic rings. The van der Waals surface area contributed by atoms with Crippen molar-refractivity contribution in [3.63, 3.8) is 0 Å². The van der Waals surface area contributed by atoms with Gasteiger partial charge in [0.05, 0.1) is 11.8 Å². The van der Waals surface area contributed by atoms with Gasteiger partial charge in [-0.25, -0.2) is 4.79 Å². The van der Waals surface area contributed by atoms with E-state index in [0.717, 1.165) is 4.90 Å². The first-order chi connectivity index (χ1) is 8.47. The fourth-order valence-corrected chi connectivity index (χ4v) is 3.09. The molecule has 5 heteroatoms. The molecule has 1 heterocycles. The molecular formula is C13H17NO4. The Morgan fingerprint density at radius 1 is 1.44 bits per heavy atom. The molecule has 1 aliphatic carbocycles. The maximum atomic E-state index is 12.2. The minimum Gasteiger partial charge on any atom is -0.480 e. The number of fused-ring (bicyclic) bond motifs is 1. The Morgan fingerprint density at radius 2 is 1.94 bits per heavy atom. The van der Waals surface area contributed by atoms with Crippen LogP contribution in [0.25, 0.3) is 0 Å². The topological polar surface area (TPSA) is 74.7 Å². The van der Waals surface area contributed by atoms with Gasteiger partial charge < -0.3 is 5.11 Å². The number of carboxylic acids is 1. The van der Waals surface area contributed by atoms with E-state index in [9.17, 15) is 14.4 Å². The molecule has 5 nitrogen and oxygen atoms in total. The standard InChI is InChI=1S/C13H17NO4/c1-3-4-10(13(17)18)14-11(15)8-5-7(2)6-9(8)12(14)16/h3,7-10H,1,4-6H2,2H3,(H,17,18). The van der Waals surface area contributed by atoms with Gasteiger partial charge in [-0.3, -0.25) is 14.5 Å². The average molecular weight is 251 g/mol. The van der Waals surface area contributed by atoms with Crippen LogP contribution in [-0.4, -0.2) is 33.8 Å². The maximum absolute atomic E-state index is 12.2. The van der Waals surface area contributed by atoms with E-state index in [0.29, 0.717) is 18.8 Å². The molecule has 18 heavy (non-hydrogen) atoms. The highest BCUT2D eigenvalue weighted by molar-refractivity contribution is 6.08. The van der Waals surface area contributed by atoms with Crippen LogP contribution in [-0.2, 0) is 14.4 Å². The lowest BCUT2D eigenvalue weighted by molar-refractivity contribution is -0.155. The van der Waals surface area contributed by atoms with Gasteiger partial charge in [0.1, 0.15) is 6.04 Å². The van der Waals surface area contributed by atoms with Crippen molar-refractivity contribution < 1.29 is 19.5 Å². The molecule has 2 rings (SSSR count). The first-order valence-electron chi connectivity index (χ1n) is 6.18. The molecule has 0 spiro atoms. The van der Waals surface area contributed by atoms with Gasteiger partial charge in [0.25, 0.3) is 0 Å². The number of rotatable bonds is 4. The van der Waals surface area contributed by atoms with Crippen molar-refractivity contribution >= 4 is 17.8 Å². The van der Waals surface area contributed by atoms with Crippen LogP contribution in [0.15, 0.2) is 12.7 Å². The van der Waals surface area contributed by atoms with Crippen LogP contribution in [0.1, 0.15) is 26.2 Å². The number of aliphatic carboxylic acids is 1. The Morgan fingerprint density at radius 3 is 2.33 bits per heavy atom. The van der Waals surface area contributed by atoms with Gasteiger partial charge >= 0.3 is 5.97 Å². The number of imide groups is 1. The van der Waals surface area contributed by atoms with Crippen molar-refractivity contribution in [1.29, 1.82) is 0 Å².